The van der Waals surface area contributed by atoms with Crippen molar-refractivity contribution in [1.82, 2.24) is 10.2 Å². The second-order valence-corrected chi connectivity index (χ2v) is 6.18. The highest BCUT2D eigenvalue weighted by Crippen LogP contribution is 2.25. The van der Waals surface area contributed by atoms with E-state index in [1.807, 2.05) is 49.9 Å². The summed E-state index contributed by atoms with van der Waals surface area (Å²) >= 11 is 0. The zero-order chi connectivity index (χ0) is 17.5. The monoisotopic (exact) mass is 331 g/mol. The van der Waals surface area contributed by atoms with Gasteiger partial charge in [0, 0.05) is 44.3 Å². The Hall–Kier alpha value is -2.04. The van der Waals surface area contributed by atoms with E-state index in [0.717, 1.165) is 50.3 Å². The molecule has 24 heavy (non-hydrogen) atoms. The van der Waals surface area contributed by atoms with E-state index in [1.54, 1.807) is 0 Å². The van der Waals surface area contributed by atoms with E-state index in [4.69, 9.17) is 0 Å². The van der Waals surface area contributed by atoms with Crippen LogP contribution >= 0.6 is 0 Å². The molecule has 132 valence electrons. The average molecular weight is 331 g/mol. The first-order valence-electron chi connectivity index (χ1n) is 9.03. The fraction of sp³-hybridized carbons (Fsp3) is 0.579. The molecule has 2 rings (SSSR count). The van der Waals surface area contributed by atoms with Gasteiger partial charge in [0.05, 0.1) is 5.56 Å². The Morgan fingerprint density at radius 1 is 1.12 bits per heavy atom. The molecular weight excluding hydrogens is 302 g/mol. The van der Waals surface area contributed by atoms with Crippen LogP contribution in [-0.2, 0) is 4.79 Å². The van der Waals surface area contributed by atoms with Crippen molar-refractivity contribution in [3.63, 3.8) is 0 Å². The summed E-state index contributed by atoms with van der Waals surface area (Å²) in [5.74, 6) is 0.211. The predicted molar refractivity (Wildman–Crippen MR) is 97.4 cm³/mol. The first-order valence-corrected chi connectivity index (χ1v) is 9.03. The van der Waals surface area contributed by atoms with E-state index in [2.05, 4.69) is 10.2 Å². The molecule has 0 radical (unpaired) electrons. The van der Waals surface area contributed by atoms with Crippen LogP contribution in [0.3, 0.4) is 0 Å². The van der Waals surface area contributed by atoms with E-state index >= 15 is 0 Å². The van der Waals surface area contributed by atoms with Crippen molar-refractivity contribution in [2.45, 2.75) is 46.1 Å². The molecule has 1 aliphatic heterocycles. The van der Waals surface area contributed by atoms with Crippen molar-refractivity contribution < 1.29 is 9.59 Å². The molecule has 2 amide bonds. The fourth-order valence-electron chi connectivity index (χ4n) is 3.21. The van der Waals surface area contributed by atoms with Crippen molar-refractivity contribution in [2.75, 3.05) is 31.1 Å². The smallest absolute Gasteiger partial charge is 0.255 e. The largest absolute Gasteiger partial charge is 0.371 e. The molecule has 0 bridgehead atoms. The van der Waals surface area contributed by atoms with E-state index in [9.17, 15) is 9.59 Å². The molecule has 1 aromatic rings. The number of piperidine rings is 1. The lowest BCUT2D eigenvalue weighted by atomic mass is 10.0. The summed E-state index contributed by atoms with van der Waals surface area (Å²) in [4.78, 5) is 28.4. The van der Waals surface area contributed by atoms with Crippen molar-refractivity contribution in [1.29, 1.82) is 0 Å². The number of anilines is 1. The number of para-hydroxylation sites is 1. The second kappa shape index (κ2) is 8.71. The summed E-state index contributed by atoms with van der Waals surface area (Å²) in [6.07, 6.45) is 2.36. The van der Waals surface area contributed by atoms with Crippen LogP contribution in [0.2, 0.25) is 0 Å². The summed E-state index contributed by atoms with van der Waals surface area (Å²) in [7, 11) is 0. The maximum absolute atomic E-state index is 12.8. The van der Waals surface area contributed by atoms with Crippen LogP contribution in [-0.4, -0.2) is 48.9 Å². The highest BCUT2D eigenvalue weighted by Gasteiger charge is 2.24. The first kappa shape index (κ1) is 18.3. The van der Waals surface area contributed by atoms with Gasteiger partial charge in [0.15, 0.2) is 0 Å². The minimum Gasteiger partial charge on any atom is -0.371 e. The van der Waals surface area contributed by atoms with Gasteiger partial charge in [-0.05, 0) is 38.8 Å². The molecule has 0 atom stereocenters. The molecule has 0 saturated carbocycles. The predicted octanol–water partition coefficient (Wildman–Crippen LogP) is 2.66. The maximum Gasteiger partial charge on any atom is 0.255 e. The summed E-state index contributed by atoms with van der Waals surface area (Å²) < 4.78 is 0. The number of carbonyl (C=O) groups excluding carboxylic acids is 2. The van der Waals surface area contributed by atoms with Gasteiger partial charge in [-0.3, -0.25) is 9.59 Å². The molecule has 1 saturated heterocycles. The first-order chi connectivity index (χ1) is 11.6. The van der Waals surface area contributed by atoms with Crippen molar-refractivity contribution in [3.05, 3.63) is 29.8 Å². The summed E-state index contributed by atoms with van der Waals surface area (Å²) in [6.45, 7) is 9.04. The Labute approximate surface area is 145 Å². The van der Waals surface area contributed by atoms with E-state index in [0.29, 0.717) is 6.42 Å². The molecule has 1 heterocycles. The average Bonchev–Trinajstić information content (AvgIpc) is 2.63. The third kappa shape index (κ3) is 4.28. The van der Waals surface area contributed by atoms with Gasteiger partial charge in [-0.2, -0.15) is 0 Å². The van der Waals surface area contributed by atoms with Crippen molar-refractivity contribution in [2.24, 2.45) is 0 Å². The number of nitrogens with one attached hydrogen (secondary N) is 1. The number of hydrogen-bond donors (Lipinski definition) is 1. The van der Waals surface area contributed by atoms with Crippen LogP contribution in [0.5, 0.6) is 0 Å². The van der Waals surface area contributed by atoms with Crippen LogP contribution in [0.1, 0.15) is 50.4 Å². The SMILES string of the molecule is CCC(=O)NC1CCN(c2ccccc2C(=O)N(CC)CC)CC1. The van der Waals surface area contributed by atoms with E-state index < -0.39 is 0 Å². The van der Waals surface area contributed by atoms with Gasteiger partial charge >= 0.3 is 0 Å². The third-order valence-corrected chi connectivity index (χ3v) is 4.71. The summed E-state index contributed by atoms with van der Waals surface area (Å²) in [5, 5.41) is 3.07. The van der Waals surface area contributed by atoms with Gasteiger partial charge in [0.1, 0.15) is 0 Å². The molecule has 1 aliphatic rings. The Morgan fingerprint density at radius 3 is 2.33 bits per heavy atom. The number of carbonyl (C=O) groups is 2. The number of amides is 2. The summed E-state index contributed by atoms with van der Waals surface area (Å²) in [5.41, 5.74) is 1.78. The Kier molecular flexibility index (Phi) is 6.64. The Balaban J connectivity index is 2.08. The molecule has 0 aliphatic carbocycles. The molecule has 5 heteroatoms. The number of nitrogens with zero attached hydrogens (tertiary/aromatic N) is 2. The van der Waals surface area contributed by atoms with Gasteiger partial charge < -0.3 is 15.1 Å². The third-order valence-electron chi connectivity index (χ3n) is 4.71. The highest BCUT2D eigenvalue weighted by atomic mass is 16.2. The summed E-state index contributed by atoms with van der Waals surface area (Å²) in [6, 6.07) is 8.11. The molecule has 0 spiro atoms. The molecule has 1 fully saturated rings. The molecule has 1 N–H and O–H groups in total. The van der Waals surface area contributed by atoms with Crippen LogP contribution in [0.25, 0.3) is 0 Å². The lowest BCUT2D eigenvalue weighted by Gasteiger charge is -2.35. The molecular formula is C19H29N3O2. The zero-order valence-electron chi connectivity index (χ0n) is 15.0. The lowest BCUT2D eigenvalue weighted by Crippen LogP contribution is -2.45. The van der Waals surface area contributed by atoms with Crippen LogP contribution < -0.4 is 10.2 Å². The molecule has 0 unspecified atom stereocenters. The minimum absolute atomic E-state index is 0.0945. The van der Waals surface area contributed by atoms with E-state index in [1.165, 1.54) is 0 Å². The molecule has 0 aromatic heterocycles. The number of benzene rings is 1. The molecule has 1 aromatic carbocycles. The quantitative estimate of drug-likeness (QED) is 0.872. The van der Waals surface area contributed by atoms with Gasteiger partial charge in [0.2, 0.25) is 5.91 Å². The van der Waals surface area contributed by atoms with Gasteiger partial charge in [-0.25, -0.2) is 0 Å². The van der Waals surface area contributed by atoms with Crippen molar-refractivity contribution >= 4 is 17.5 Å². The highest BCUT2D eigenvalue weighted by molar-refractivity contribution is 5.99. The van der Waals surface area contributed by atoms with Gasteiger partial charge in [-0.1, -0.05) is 19.1 Å². The Bertz CT molecular complexity index is 561. The van der Waals surface area contributed by atoms with Gasteiger partial charge in [0.25, 0.3) is 5.91 Å². The maximum atomic E-state index is 12.8. The van der Waals surface area contributed by atoms with E-state index in [-0.39, 0.29) is 17.9 Å². The second-order valence-electron chi connectivity index (χ2n) is 6.18. The fourth-order valence-corrected chi connectivity index (χ4v) is 3.21. The number of hydrogen-bond acceptors (Lipinski definition) is 3. The van der Waals surface area contributed by atoms with Crippen molar-refractivity contribution in [3.8, 4) is 0 Å². The molecule has 5 nitrogen and oxygen atoms in total. The topological polar surface area (TPSA) is 52.7 Å². The lowest BCUT2D eigenvalue weighted by molar-refractivity contribution is -0.121. The minimum atomic E-state index is 0.0945. The van der Waals surface area contributed by atoms with Gasteiger partial charge in [-0.15, -0.1) is 0 Å². The van der Waals surface area contributed by atoms with Crippen LogP contribution in [0, 0.1) is 0 Å². The normalized spacial score (nSPS) is 15.2. The zero-order valence-corrected chi connectivity index (χ0v) is 15.0. The van der Waals surface area contributed by atoms with Crippen LogP contribution in [0.4, 0.5) is 5.69 Å². The Morgan fingerprint density at radius 2 is 1.75 bits per heavy atom. The number of rotatable bonds is 6. The standard InChI is InChI=1S/C19H29N3O2/c1-4-18(23)20-15-11-13-22(14-12-15)17-10-8-7-9-16(17)19(24)21(5-2)6-3/h7-10,15H,4-6,11-14H2,1-3H3,(H,20,23). The van der Waals surface area contributed by atoms with Crippen LogP contribution in [0.15, 0.2) is 24.3 Å².